The summed E-state index contributed by atoms with van der Waals surface area (Å²) < 4.78 is 1.54. The first-order valence-electron chi connectivity index (χ1n) is 5.27. The van der Waals surface area contributed by atoms with Crippen LogP contribution in [0.5, 0.6) is 0 Å². The van der Waals surface area contributed by atoms with Crippen LogP contribution in [0.3, 0.4) is 0 Å². The zero-order valence-electron chi connectivity index (χ0n) is 10.1. The molecule has 0 bridgehead atoms. The molecule has 18 heavy (non-hydrogen) atoms. The Morgan fingerprint density at radius 3 is 2.33 bits per heavy atom. The summed E-state index contributed by atoms with van der Waals surface area (Å²) in [6.07, 6.45) is 0. The van der Waals surface area contributed by atoms with Gasteiger partial charge in [-0.25, -0.2) is 9.97 Å². The van der Waals surface area contributed by atoms with Crippen molar-refractivity contribution in [3.8, 4) is 10.7 Å². The lowest BCUT2D eigenvalue weighted by molar-refractivity contribution is 0.568. The summed E-state index contributed by atoms with van der Waals surface area (Å²) >= 11 is 16.9. The van der Waals surface area contributed by atoms with Crippen LogP contribution in [-0.4, -0.2) is 9.97 Å². The first-order chi connectivity index (χ1) is 8.27. The maximum absolute atomic E-state index is 6.06. The van der Waals surface area contributed by atoms with E-state index in [1.807, 2.05) is 6.07 Å². The Kier molecular flexibility index (Phi) is 4.02. The van der Waals surface area contributed by atoms with E-state index in [0.29, 0.717) is 15.3 Å². The highest BCUT2D eigenvalue weighted by Gasteiger charge is 2.19. The van der Waals surface area contributed by atoms with Gasteiger partial charge in [0.2, 0.25) is 0 Å². The third-order valence-electron chi connectivity index (χ3n) is 2.33. The number of aromatic nitrogens is 2. The minimum Gasteiger partial charge on any atom is -0.232 e. The van der Waals surface area contributed by atoms with Gasteiger partial charge < -0.3 is 0 Å². The quantitative estimate of drug-likeness (QED) is 0.617. The van der Waals surface area contributed by atoms with E-state index in [1.54, 1.807) is 6.07 Å². The minimum absolute atomic E-state index is 0.0698. The fourth-order valence-electron chi connectivity index (χ4n) is 1.37. The number of hydrogen-bond donors (Lipinski definition) is 0. The molecule has 0 aliphatic carbocycles. The van der Waals surface area contributed by atoms with Crippen molar-refractivity contribution >= 4 is 50.5 Å². The lowest BCUT2D eigenvalue weighted by Gasteiger charge is -2.18. The molecule has 0 saturated carbocycles. The van der Waals surface area contributed by atoms with Crippen LogP contribution in [0.4, 0.5) is 0 Å². The zero-order chi connectivity index (χ0) is 13.5. The predicted octanol–water partition coefficient (Wildman–Crippen LogP) is 5.57. The van der Waals surface area contributed by atoms with Crippen molar-refractivity contribution in [2.24, 2.45) is 0 Å². The van der Waals surface area contributed by atoms with Crippen LogP contribution in [0.25, 0.3) is 10.7 Å². The predicted molar refractivity (Wildman–Crippen MR) is 81.8 cm³/mol. The molecule has 0 aliphatic rings. The fraction of sp³-hybridized carbons (Fsp3) is 0.333. The van der Waals surface area contributed by atoms with E-state index in [0.717, 1.165) is 15.0 Å². The molecule has 2 nitrogen and oxygen atoms in total. The highest BCUT2D eigenvalue weighted by Crippen LogP contribution is 2.37. The second-order valence-electron chi connectivity index (χ2n) is 4.88. The SMILES string of the molecule is CC(C)(C)c1cc(Cl)nc(-c2cc(Br)c(Cl)s2)n1. The van der Waals surface area contributed by atoms with E-state index in [-0.39, 0.29) is 5.41 Å². The monoisotopic (exact) mass is 364 g/mol. The van der Waals surface area contributed by atoms with Crippen molar-refractivity contribution in [2.75, 3.05) is 0 Å². The molecule has 0 aromatic carbocycles. The van der Waals surface area contributed by atoms with Gasteiger partial charge in [-0.05, 0) is 28.1 Å². The maximum Gasteiger partial charge on any atom is 0.171 e. The van der Waals surface area contributed by atoms with Gasteiger partial charge in [0.25, 0.3) is 0 Å². The number of halogens is 3. The molecule has 2 aromatic rings. The maximum atomic E-state index is 6.06. The number of thiophene rings is 1. The van der Waals surface area contributed by atoms with E-state index >= 15 is 0 Å². The molecule has 0 N–H and O–H groups in total. The molecule has 2 rings (SSSR count). The van der Waals surface area contributed by atoms with Crippen molar-refractivity contribution in [2.45, 2.75) is 26.2 Å². The molecule has 0 fully saturated rings. The number of rotatable bonds is 1. The summed E-state index contributed by atoms with van der Waals surface area (Å²) in [4.78, 5) is 9.72. The molecular weight excluding hydrogens is 355 g/mol. The normalized spacial score (nSPS) is 11.9. The van der Waals surface area contributed by atoms with E-state index in [1.165, 1.54) is 11.3 Å². The first-order valence-corrected chi connectivity index (χ1v) is 7.64. The van der Waals surface area contributed by atoms with Crippen LogP contribution in [0.1, 0.15) is 26.5 Å². The van der Waals surface area contributed by atoms with Gasteiger partial charge in [-0.3, -0.25) is 0 Å². The lowest BCUT2D eigenvalue weighted by Crippen LogP contribution is -2.14. The molecule has 0 atom stereocenters. The van der Waals surface area contributed by atoms with Crippen LogP contribution in [0.2, 0.25) is 9.49 Å². The van der Waals surface area contributed by atoms with Crippen molar-refractivity contribution in [3.63, 3.8) is 0 Å². The molecule has 2 aromatic heterocycles. The third kappa shape index (κ3) is 3.05. The Hall–Kier alpha value is -0.160. The van der Waals surface area contributed by atoms with Gasteiger partial charge in [-0.15, -0.1) is 11.3 Å². The smallest absolute Gasteiger partial charge is 0.171 e. The molecule has 0 saturated heterocycles. The topological polar surface area (TPSA) is 25.8 Å². The van der Waals surface area contributed by atoms with Crippen LogP contribution in [0.15, 0.2) is 16.6 Å². The molecule has 0 radical (unpaired) electrons. The summed E-state index contributed by atoms with van der Waals surface area (Å²) in [5, 5.41) is 0.450. The van der Waals surface area contributed by atoms with E-state index in [4.69, 9.17) is 23.2 Å². The molecule has 0 aliphatic heterocycles. The summed E-state index contributed by atoms with van der Waals surface area (Å²) in [6.45, 7) is 6.27. The minimum atomic E-state index is -0.0698. The molecule has 96 valence electrons. The number of nitrogens with zero attached hydrogens (tertiary/aromatic N) is 2. The van der Waals surface area contributed by atoms with E-state index in [2.05, 4.69) is 46.7 Å². The molecule has 0 unspecified atom stereocenters. The van der Waals surface area contributed by atoms with Crippen LogP contribution in [0, 0.1) is 0 Å². The highest BCUT2D eigenvalue weighted by molar-refractivity contribution is 9.10. The Morgan fingerprint density at radius 2 is 1.83 bits per heavy atom. The Labute approximate surface area is 129 Å². The molecule has 2 heterocycles. The lowest BCUT2D eigenvalue weighted by atomic mass is 9.92. The van der Waals surface area contributed by atoms with E-state index in [9.17, 15) is 0 Å². The Morgan fingerprint density at radius 1 is 1.17 bits per heavy atom. The zero-order valence-corrected chi connectivity index (χ0v) is 14.0. The van der Waals surface area contributed by atoms with Gasteiger partial charge in [0.15, 0.2) is 5.82 Å². The van der Waals surface area contributed by atoms with Gasteiger partial charge in [0, 0.05) is 9.89 Å². The third-order valence-corrected chi connectivity index (χ3v) is 4.99. The summed E-state index contributed by atoms with van der Waals surface area (Å²) in [6, 6.07) is 3.71. The van der Waals surface area contributed by atoms with E-state index < -0.39 is 0 Å². The van der Waals surface area contributed by atoms with Crippen LogP contribution < -0.4 is 0 Å². The largest absolute Gasteiger partial charge is 0.232 e. The molecule has 0 amide bonds. The van der Waals surface area contributed by atoms with Gasteiger partial charge in [-0.1, -0.05) is 44.0 Å². The number of hydrogen-bond acceptors (Lipinski definition) is 3. The average molecular weight is 366 g/mol. The average Bonchev–Trinajstić information content (AvgIpc) is 2.57. The Bertz CT molecular complexity index is 571. The first kappa shape index (κ1) is 14.3. The van der Waals surface area contributed by atoms with Crippen molar-refractivity contribution in [1.29, 1.82) is 0 Å². The Balaban J connectivity index is 2.55. The summed E-state index contributed by atoms with van der Waals surface area (Å²) in [5.74, 6) is 0.616. The second-order valence-corrected chi connectivity index (χ2v) is 7.78. The summed E-state index contributed by atoms with van der Waals surface area (Å²) in [5.41, 5.74) is 0.845. The standard InChI is InChI=1S/C12H11BrCl2N2S/c1-12(2,3)8-5-9(14)17-11(16-8)7-4-6(13)10(15)18-7/h4-5H,1-3H3. The fourth-order valence-corrected chi connectivity index (χ4v) is 3.19. The van der Waals surface area contributed by atoms with Crippen molar-refractivity contribution in [1.82, 2.24) is 9.97 Å². The molecule has 6 heteroatoms. The van der Waals surface area contributed by atoms with Gasteiger partial charge in [-0.2, -0.15) is 0 Å². The van der Waals surface area contributed by atoms with Gasteiger partial charge >= 0.3 is 0 Å². The van der Waals surface area contributed by atoms with Crippen LogP contribution in [-0.2, 0) is 5.41 Å². The van der Waals surface area contributed by atoms with Gasteiger partial charge in [0.05, 0.1) is 10.6 Å². The van der Waals surface area contributed by atoms with Crippen LogP contribution >= 0.6 is 50.5 Å². The highest BCUT2D eigenvalue weighted by atomic mass is 79.9. The summed E-state index contributed by atoms with van der Waals surface area (Å²) in [7, 11) is 0. The van der Waals surface area contributed by atoms with Crippen molar-refractivity contribution < 1.29 is 0 Å². The van der Waals surface area contributed by atoms with Crippen molar-refractivity contribution in [3.05, 3.63) is 31.8 Å². The second kappa shape index (κ2) is 5.08. The molecule has 0 spiro atoms. The molecular formula is C12H11BrCl2N2S. The van der Waals surface area contributed by atoms with Gasteiger partial charge in [0.1, 0.15) is 9.49 Å².